The summed E-state index contributed by atoms with van der Waals surface area (Å²) in [6.07, 6.45) is 8.05. The first-order chi connectivity index (χ1) is 7.25. The second-order valence-electron chi connectivity index (χ2n) is 5.17. The van der Waals surface area contributed by atoms with Gasteiger partial charge in [0.2, 0.25) is 5.91 Å². The zero-order valence-corrected chi connectivity index (χ0v) is 9.37. The van der Waals surface area contributed by atoms with Crippen molar-refractivity contribution < 1.29 is 4.79 Å². The Morgan fingerprint density at radius 1 is 1.20 bits per heavy atom. The molecule has 3 N–H and O–H groups in total. The maximum Gasteiger partial charge on any atom is 0.223 e. The van der Waals surface area contributed by atoms with Gasteiger partial charge >= 0.3 is 0 Å². The van der Waals surface area contributed by atoms with Crippen LogP contribution in [0, 0.1) is 11.8 Å². The van der Waals surface area contributed by atoms with Crippen LogP contribution in [0.1, 0.15) is 44.9 Å². The number of hydrogen-bond acceptors (Lipinski definition) is 2. The van der Waals surface area contributed by atoms with Crippen LogP contribution in [0.5, 0.6) is 0 Å². The second kappa shape index (κ2) is 4.97. The van der Waals surface area contributed by atoms with Gasteiger partial charge in [0.05, 0.1) is 0 Å². The summed E-state index contributed by atoms with van der Waals surface area (Å²) in [7, 11) is 0. The molecule has 0 bridgehead atoms. The van der Waals surface area contributed by atoms with E-state index in [0.29, 0.717) is 17.9 Å². The van der Waals surface area contributed by atoms with Gasteiger partial charge in [-0.05, 0) is 38.0 Å². The zero-order valence-electron chi connectivity index (χ0n) is 9.37. The van der Waals surface area contributed by atoms with Gasteiger partial charge in [0.1, 0.15) is 0 Å². The Labute approximate surface area is 91.8 Å². The maximum atomic E-state index is 11.7. The van der Waals surface area contributed by atoms with E-state index in [1.54, 1.807) is 0 Å². The van der Waals surface area contributed by atoms with E-state index in [0.717, 1.165) is 32.2 Å². The highest BCUT2D eigenvalue weighted by atomic mass is 16.1. The molecule has 0 aliphatic heterocycles. The third-order valence-corrected chi connectivity index (χ3v) is 3.87. The first-order valence-electron chi connectivity index (χ1n) is 6.29. The quantitative estimate of drug-likeness (QED) is 0.740. The van der Waals surface area contributed by atoms with E-state index in [1.807, 2.05) is 0 Å². The number of carbonyl (C=O) groups is 1. The van der Waals surface area contributed by atoms with Crippen LogP contribution in [-0.2, 0) is 4.79 Å². The van der Waals surface area contributed by atoms with Crippen molar-refractivity contribution >= 4 is 5.91 Å². The van der Waals surface area contributed by atoms with Crippen LogP contribution in [-0.4, -0.2) is 18.5 Å². The first-order valence-corrected chi connectivity index (χ1v) is 6.29. The summed E-state index contributed by atoms with van der Waals surface area (Å²) < 4.78 is 0. The van der Waals surface area contributed by atoms with Gasteiger partial charge in [-0.1, -0.05) is 12.8 Å². The summed E-state index contributed by atoms with van der Waals surface area (Å²) in [5, 5.41) is 3.09. The highest BCUT2D eigenvalue weighted by Gasteiger charge is 2.25. The van der Waals surface area contributed by atoms with Gasteiger partial charge in [-0.3, -0.25) is 4.79 Å². The first kappa shape index (κ1) is 10.9. The van der Waals surface area contributed by atoms with Crippen molar-refractivity contribution in [1.82, 2.24) is 5.32 Å². The molecule has 2 fully saturated rings. The van der Waals surface area contributed by atoms with Crippen molar-refractivity contribution in [2.24, 2.45) is 17.6 Å². The lowest BCUT2D eigenvalue weighted by Crippen LogP contribution is -2.33. The molecular formula is C12H22N2O. The number of carbonyl (C=O) groups excluding carboxylic acids is 1. The Hall–Kier alpha value is -0.570. The number of amides is 1. The Balaban J connectivity index is 1.66. The molecule has 2 saturated carbocycles. The van der Waals surface area contributed by atoms with Gasteiger partial charge in [-0.25, -0.2) is 0 Å². The second-order valence-corrected chi connectivity index (χ2v) is 5.17. The fourth-order valence-corrected chi connectivity index (χ4v) is 2.88. The van der Waals surface area contributed by atoms with Crippen LogP contribution < -0.4 is 11.1 Å². The average molecular weight is 210 g/mol. The minimum Gasteiger partial charge on any atom is -0.356 e. The zero-order chi connectivity index (χ0) is 10.7. The Kier molecular flexibility index (Phi) is 3.62. The molecule has 3 nitrogen and oxygen atoms in total. The predicted octanol–water partition coefficient (Wildman–Crippen LogP) is 1.42. The molecule has 0 unspecified atom stereocenters. The Morgan fingerprint density at radius 3 is 2.53 bits per heavy atom. The van der Waals surface area contributed by atoms with Crippen LogP contribution >= 0.6 is 0 Å². The fraction of sp³-hybridized carbons (Fsp3) is 0.917. The van der Waals surface area contributed by atoms with E-state index >= 15 is 0 Å². The molecule has 1 amide bonds. The van der Waals surface area contributed by atoms with E-state index in [4.69, 9.17) is 5.73 Å². The molecule has 2 rings (SSSR count). The number of nitrogens with one attached hydrogen (secondary N) is 1. The Bertz CT molecular complexity index is 224. The summed E-state index contributed by atoms with van der Waals surface area (Å²) in [5.74, 6) is 1.22. The van der Waals surface area contributed by atoms with Gasteiger partial charge < -0.3 is 11.1 Å². The van der Waals surface area contributed by atoms with E-state index in [1.165, 1.54) is 19.3 Å². The summed E-state index contributed by atoms with van der Waals surface area (Å²) in [5.41, 5.74) is 5.84. The van der Waals surface area contributed by atoms with Crippen LogP contribution in [0.4, 0.5) is 0 Å². The average Bonchev–Trinajstić information content (AvgIpc) is 2.84. The highest BCUT2D eigenvalue weighted by molar-refractivity contribution is 5.78. The van der Waals surface area contributed by atoms with E-state index in [-0.39, 0.29) is 5.91 Å². The highest BCUT2D eigenvalue weighted by Crippen LogP contribution is 2.26. The summed E-state index contributed by atoms with van der Waals surface area (Å²) in [6, 6.07) is 0.374. The Morgan fingerprint density at radius 2 is 1.93 bits per heavy atom. The third kappa shape index (κ3) is 2.94. The van der Waals surface area contributed by atoms with Crippen molar-refractivity contribution in [1.29, 1.82) is 0 Å². The van der Waals surface area contributed by atoms with Gasteiger partial charge in [0.15, 0.2) is 0 Å². The molecule has 0 spiro atoms. The minimum absolute atomic E-state index is 0.285. The lowest BCUT2D eigenvalue weighted by molar-refractivity contribution is -0.124. The van der Waals surface area contributed by atoms with Crippen molar-refractivity contribution in [3.8, 4) is 0 Å². The number of nitrogens with two attached hydrogens (primary N) is 1. The van der Waals surface area contributed by atoms with Gasteiger partial charge in [-0.15, -0.1) is 0 Å². The summed E-state index contributed by atoms with van der Waals surface area (Å²) in [6.45, 7) is 0.850. The molecule has 0 saturated heterocycles. The van der Waals surface area contributed by atoms with E-state index in [9.17, 15) is 4.79 Å². The van der Waals surface area contributed by atoms with Crippen molar-refractivity contribution in [3.63, 3.8) is 0 Å². The fourth-order valence-electron chi connectivity index (χ4n) is 2.88. The van der Waals surface area contributed by atoms with Gasteiger partial charge in [0, 0.05) is 18.5 Å². The normalized spacial score (nSPS) is 32.1. The third-order valence-electron chi connectivity index (χ3n) is 3.87. The van der Waals surface area contributed by atoms with Crippen LogP contribution in [0.2, 0.25) is 0 Å². The molecule has 15 heavy (non-hydrogen) atoms. The molecule has 0 aromatic heterocycles. The van der Waals surface area contributed by atoms with Crippen LogP contribution in [0.25, 0.3) is 0 Å². The molecule has 2 atom stereocenters. The van der Waals surface area contributed by atoms with E-state index < -0.39 is 0 Å². The lowest BCUT2D eigenvalue weighted by atomic mass is 10.1. The molecule has 86 valence electrons. The topological polar surface area (TPSA) is 55.1 Å². The molecule has 0 heterocycles. The van der Waals surface area contributed by atoms with Crippen molar-refractivity contribution in [2.45, 2.75) is 51.0 Å². The van der Waals surface area contributed by atoms with Crippen LogP contribution in [0.15, 0.2) is 0 Å². The minimum atomic E-state index is 0.285. The molecular weight excluding hydrogens is 188 g/mol. The number of rotatable bonds is 3. The molecule has 2 aliphatic rings. The lowest BCUT2D eigenvalue weighted by Gasteiger charge is -2.14. The molecule has 0 radical (unpaired) electrons. The molecule has 0 aromatic rings. The van der Waals surface area contributed by atoms with Gasteiger partial charge in [-0.2, -0.15) is 0 Å². The predicted molar refractivity (Wildman–Crippen MR) is 60.3 cm³/mol. The SMILES string of the molecule is N[C@@H]1CC[C@H](CNC(=O)C2CCCC2)C1. The smallest absolute Gasteiger partial charge is 0.223 e. The van der Waals surface area contributed by atoms with Crippen molar-refractivity contribution in [2.75, 3.05) is 6.54 Å². The summed E-state index contributed by atoms with van der Waals surface area (Å²) >= 11 is 0. The monoisotopic (exact) mass is 210 g/mol. The number of hydrogen-bond donors (Lipinski definition) is 2. The van der Waals surface area contributed by atoms with Crippen LogP contribution in [0.3, 0.4) is 0 Å². The standard InChI is InChI=1S/C12H22N2O/c13-11-6-5-9(7-11)8-14-12(15)10-3-1-2-4-10/h9-11H,1-8,13H2,(H,14,15)/t9-,11+/m0/s1. The molecule has 2 aliphatic carbocycles. The summed E-state index contributed by atoms with van der Waals surface area (Å²) in [4.78, 5) is 11.7. The largest absolute Gasteiger partial charge is 0.356 e. The van der Waals surface area contributed by atoms with E-state index in [2.05, 4.69) is 5.32 Å². The molecule has 3 heteroatoms. The van der Waals surface area contributed by atoms with Crippen molar-refractivity contribution in [3.05, 3.63) is 0 Å². The van der Waals surface area contributed by atoms with Gasteiger partial charge in [0.25, 0.3) is 0 Å². The maximum absolute atomic E-state index is 11.7. The molecule has 0 aromatic carbocycles.